The van der Waals surface area contributed by atoms with Crippen LogP contribution in [0.25, 0.3) is 0 Å². The first-order chi connectivity index (χ1) is 12.0. The normalized spacial score (nSPS) is 13.0. The Kier molecular flexibility index (Phi) is 6.67. The highest BCUT2D eigenvalue weighted by molar-refractivity contribution is 6.31. The molecule has 2 aromatic carbocycles. The van der Waals surface area contributed by atoms with Gasteiger partial charge in [-0.25, -0.2) is 0 Å². The molecular formula is C19H24ClN2O3+. The van der Waals surface area contributed by atoms with Crippen molar-refractivity contribution in [1.82, 2.24) is 0 Å². The van der Waals surface area contributed by atoms with Crippen LogP contribution in [0.5, 0.6) is 11.5 Å². The Labute approximate surface area is 153 Å². The van der Waals surface area contributed by atoms with Crippen molar-refractivity contribution in [2.75, 3.05) is 19.5 Å². The minimum Gasteiger partial charge on any atom is -0.496 e. The quantitative estimate of drug-likeness (QED) is 0.794. The first kappa shape index (κ1) is 19.1. The minimum atomic E-state index is -0.302. The van der Waals surface area contributed by atoms with Crippen molar-refractivity contribution in [1.29, 1.82) is 0 Å². The maximum atomic E-state index is 12.5. The van der Waals surface area contributed by atoms with Crippen molar-refractivity contribution in [3.63, 3.8) is 0 Å². The van der Waals surface area contributed by atoms with Crippen LogP contribution in [0, 0.1) is 0 Å². The number of halogens is 1. The van der Waals surface area contributed by atoms with Gasteiger partial charge in [0.05, 0.1) is 25.5 Å². The Balaban J connectivity index is 2.06. The zero-order valence-corrected chi connectivity index (χ0v) is 15.6. The third-order valence-corrected chi connectivity index (χ3v) is 4.27. The van der Waals surface area contributed by atoms with E-state index in [9.17, 15) is 4.79 Å². The minimum absolute atomic E-state index is 0.0677. The van der Waals surface area contributed by atoms with Crippen LogP contribution in [-0.4, -0.2) is 26.2 Å². The van der Waals surface area contributed by atoms with E-state index in [0.717, 1.165) is 11.3 Å². The van der Waals surface area contributed by atoms with Gasteiger partial charge in [0.25, 0.3) is 5.91 Å². The Hall–Kier alpha value is -2.24. The summed E-state index contributed by atoms with van der Waals surface area (Å²) in [6.45, 7) is 3.90. The number of amides is 1. The molecule has 0 unspecified atom stereocenters. The smallest absolute Gasteiger partial charge is 0.282 e. The predicted octanol–water partition coefficient (Wildman–Crippen LogP) is 3.01. The first-order valence-corrected chi connectivity index (χ1v) is 8.46. The van der Waals surface area contributed by atoms with Gasteiger partial charge in [-0.05, 0) is 44.2 Å². The van der Waals surface area contributed by atoms with E-state index in [1.807, 2.05) is 43.4 Å². The molecule has 0 spiro atoms. The second kappa shape index (κ2) is 8.74. The van der Waals surface area contributed by atoms with Crippen molar-refractivity contribution < 1.29 is 19.6 Å². The van der Waals surface area contributed by atoms with E-state index in [2.05, 4.69) is 5.32 Å². The first-order valence-electron chi connectivity index (χ1n) is 8.08. The number of hydrogen-bond donors (Lipinski definition) is 2. The zero-order valence-electron chi connectivity index (χ0n) is 14.9. The molecule has 0 bridgehead atoms. The molecule has 0 aliphatic carbocycles. The van der Waals surface area contributed by atoms with Crippen molar-refractivity contribution >= 4 is 23.2 Å². The summed E-state index contributed by atoms with van der Waals surface area (Å²) in [5, 5.41) is 5.40. The number of rotatable bonds is 7. The molecule has 5 nitrogen and oxygen atoms in total. The van der Waals surface area contributed by atoms with E-state index in [1.165, 1.54) is 0 Å². The van der Waals surface area contributed by atoms with Crippen LogP contribution in [0.15, 0.2) is 42.5 Å². The average Bonchev–Trinajstić information content (AvgIpc) is 2.61. The summed E-state index contributed by atoms with van der Waals surface area (Å²) < 4.78 is 10.7. The second-order valence-electron chi connectivity index (χ2n) is 5.85. The van der Waals surface area contributed by atoms with Crippen molar-refractivity contribution in [3.8, 4) is 11.5 Å². The van der Waals surface area contributed by atoms with Crippen LogP contribution < -0.4 is 20.1 Å². The van der Waals surface area contributed by atoms with Gasteiger partial charge < -0.3 is 20.1 Å². The summed E-state index contributed by atoms with van der Waals surface area (Å²) in [6.07, 6.45) is 0. The fourth-order valence-electron chi connectivity index (χ4n) is 2.69. The number of hydrogen-bond acceptors (Lipinski definition) is 3. The summed E-state index contributed by atoms with van der Waals surface area (Å²) in [4.78, 5) is 12.5. The molecule has 0 saturated heterocycles. The number of anilines is 1. The summed E-state index contributed by atoms with van der Waals surface area (Å²) in [5.74, 6) is 1.26. The Morgan fingerprint density at radius 3 is 2.44 bits per heavy atom. The molecule has 0 aliphatic heterocycles. The lowest BCUT2D eigenvalue weighted by Crippen LogP contribution is -2.91. The van der Waals surface area contributed by atoms with Crippen LogP contribution >= 0.6 is 11.6 Å². The van der Waals surface area contributed by atoms with E-state index in [0.29, 0.717) is 16.5 Å². The Bertz CT molecular complexity index is 736. The molecule has 134 valence electrons. The van der Waals surface area contributed by atoms with Gasteiger partial charge in [0.1, 0.15) is 17.5 Å². The highest BCUT2D eigenvalue weighted by Gasteiger charge is 2.23. The van der Waals surface area contributed by atoms with Crippen LogP contribution in [0.4, 0.5) is 5.69 Å². The molecule has 0 heterocycles. The fourth-order valence-corrected chi connectivity index (χ4v) is 2.86. The highest BCUT2D eigenvalue weighted by atomic mass is 35.5. The van der Waals surface area contributed by atoms with E-state index >= 15 is 0 Å². The molecule has 0 aromatic heterocycles. The molecule has 6 heteroatoms. The van der Waals surface area contributed by atoms with Gasteiger partial charge in [-0.1, -0.05) is 23.7 Å². The SMILES string of the molecule is COc1ccc(Cl)cc1NC(=O)[C@@H](C)[NH2+][C@H](C)c1ccccc1OC. The topological polar surface area (TPSA) is 64.2 Å². The molecule has 0 fully saturated rings. The molecule has 0 aliphatic rings. The van der Waals surface area contributed by atoms with Gasteiger partial charge in [-0.15, -0.1) is 0 Å². The number of ether oxygens (including phenoxy) is 2. The number of nitrogens with two attached hydrogens (primary N) is 1. The largest absolute Gasteiger partial charge is 0.496 e. The fraction of sp³-hybridized carbons (Fsp3) is 0.316. The standard InChI is InChI=1S/C19H23ClN2O3/c1-12(15-7-5-6-8-17(15)24-3)21-13(2)19(23)22-16-11-14(20)9-10-18(16)25-4/h5-13,21H,1-4H3,(H,22,23)/p+1/t12-,13-/m1/s1. The molecule has 1 amide bonds. The molecule has 0 saturated carbocycles. The number of quaternary nitrogens is 1. The number of nitrogens with one attached hydrogen (secondary N) is 1. The molecule has 2 aromatic rings. The van der Waals surface area contributed by atoms with Crippen LogP contribution in [0.2, 0.25) is 5.02 Å². The number of para-hydroxylation sites is 1. The van der Waals surface area contributed by atoms with E-state index in [1.54, 1.807) is 32.4 Å². The van der Waals surface area contributed by atoms with E-state index < -0.39 is 0 Å². The van der Waals surface area contributed by atoms with Gasteiger partial charge in [-0.2, -0.15) is 0 Å². The maximum absolute atomic E-state index is 12.5. The Morgan fingerprint density at radius 2 is 1.76 bits per heavy atom. The number of benzene rings is 2. The Morgan fingerprint density at radius 1 is 1.08 bits per heavy atom. The highest BCUT2D eigenvalue weighted by Crippen LogP contribution is 2.27. The molecule has 0 radical (unpaired) electrons. The van der Waals surface area contributed by atoms with Gasteiger partial charge in [-0.3, -0.25) is 4.79 Å². The monoisotopic (exact) mass is 363 g/mol. The van der Waals surface area contributed by atoms with Crippen molar-refractivity contribution in [2.45, 2.75) is 25.9 Å². The number of methoxy groups -OCH3 is 2. The summed E-state index contributed by atoms with van der Waals surface area (Å²) in [7, 11) is 3.20. The zero-order chi connectivity index (χ0) is 18.4. The summed E-state index contributed by atoms with van der Waals surface area (Å²) in [6, 6.07) is 12.7. The third kappa shape index (κ3) is 4.87. The third-order valence-electron chi connectivity index (χ3n) is 4.04. The molecule has 2 rings (SSSR count). The summed E-state index contributed by atoms with van der Waals surface area (Å²) in [5.41, 5.74) is 1.61. The molecule has 2 atom stereocenters. The van der Waals surface area contributed by atoms with Crippen molar-refractivity contribution in [3.05, 3.63) is 53.1 Å². The predicted molar refractivity (Wildman–Crippen MR) is 99.4 cm³/mol. The van der Waals surface area contributed by atoms with E-state index in [-0.39, 0.29) is 18.0 Å². The number of carbonyl (C=O) groups excluding carboxylic acids is 1. The van der Waals surface area contributed by atoms with Crippen molar-refractivity contribution in [2.24, 2.45) is 0 Å². The molecular weight excluding hydrogens is 340 g/mol. The summed E-state index contributed by atoms with van der Waals surface area (Å²) >= 11 is 6.01. The van der Waals surface area contributed by atoms with Gasteiger partial charge in [0.2, 0.25) is 0 Å². The lowest BCUT2D eigenvalue weighted by molar-refractivity contribution is -0.709. The second-order valence-corrected chi connectivity index (χ2v) is 6.28. The molecule has 3 N–H and O–H groups in total. The lowest BCUT2D eigenvalue weighted by atomic mass is 10.1. The average molecular weight is 364 g/mol. The number of carbonyl (C=O) groups is 1. The van der Waals surface area contributed by atoms with Crippen LogP contribution in [0.3, 0.4) is 0 Å². The van der Waals surface area contributed by atoms with Gasteiger partial charge >= 0.3 is 0 Å². The maximum Gasteiger partial charge on any atom is 0.282 e. The van der Waals surface area contributed by atoms with Gasteiger partial charge in [0, 0.05) is 5.02 Å². The van der Waals surface area contributed by atoms with Crippen LogP contribution in [0.1, 0.15) is 25.5 Å². The van der Waals surface area contributed by atoms with Gasteiger partial charge in [0.15, 0.2) is 6.04 Å². The molecule has 25 heavy (non-hydrogen) atoms. The lowest BCUT2D eigenvalue weighted by Gasteiger charge is -2.19. The van der Waals surface area contributed by atoms with E-state index in [4.69, 9.17) is 21.1 Å². The van der Waals surface area contributed by atoms with Crippen LogP contribution in [-0.2, 0) is 4.79 Å².